The van der Waals surface area contributed by atoms with Crippen molar-refractivity contribution in [2.24, 2.45) is 5.73 Å². The molecule has 0 saturated carbocycles. The molecule has 0 amide bonds. The van der Waals surface area contributed by atoms with Crippen LogP contribution in [0.25, 0.3) is 0 Å². The molecule has 0 aromatic heterocycles. The smallest absolute Gasteiger partial charge is 0.0420 e. The van der Waals surface area contributed by atoms with E-state index in [9.17, 15) is 0 Å². The lowest BCUT2D eigenvalue weighted by Crippen LogP contribution is -2.24. The maximum absolute atomic E-state index is 5.80. The Morgan fingerprint density at radius 1 is 1.18 bits per heavy atom. The summed E-state index contributed by atoms with van der Waals surface area (Å²) in [7, 11) is 6.32. The summed E-state index contributed by atoms with van der Waals surface area (Å²) in [4.78, 5) is 4.48. The van der Waals surface area contributed by atoms with E-state index in [-0.39, 0.29) is 0 Å². The Hall–Kier alpha value is -0.580. The number of nitrogens with zero attached hydrogens (tertiary/aromatic N) is 2. The maximum atomic E-state index is 5.80. The fourth-order valence-corrected chi connectivity index (χ4v) is 2.37. The van der Waals surface area contributed by atoms with Crippen LogP contribution >= 0.6 is 15.9 Å². The van der Waals surface area contributed by atoms with E-state index in [4.69, 9.17) is 5.73 Å². The van der Waals surface area contributed by atoms with E-state index in [1.54, 1.807) is 0 Å². The first-order valence-electron chi connectivity index (χ1n) is 5.89. The molecular formula is C13H22BrN3. The molecule has 0 spiro atoms. The van der Waals surface area contributed by atoms with Crippen LogP contribution in [0.2, 0.25) is 0 Å². The second kappa shape index (κ2) is 6.99. The second-order valence-electron chi connectivity index (χ2n) is 4.52. The Morgan fingerprint density at radius 3 is 2.47 bits per heavy atom. The molecule has 0 atom stereocenters. The minimum atomic E-state index is 0.564. The Balaban J connectivity index is 2.68. The van der Waals surface area contributed by atoms with Gasteiger partial charge in [0.15, 0.2) is 0 Å². The highest BCUT2D eigenvalue weighted by Gasteiger charge is 2.08. The molecule has 0 aliphatic heterocycles. The predicted octanol–water partition coefficient (Wildman–Crippen LogP) is 2.30. The van der Waals surface area contributed by atoms with Crippen molar-refractivity contribution >= 4 is 21.6 Å². The van der Waals surface area contributed by atoms with Crippen LogP contribution in [0.4, 0.5) is 5.69 Å². The van der Waals surface area contributed by atoms with Gasteiger partial charge in [0.2, 0.25) is 0 Å². The number of hydrogen-bond acceptors (Lipinski definition) is 3. The zero-order valence-corrected chi connectivity index (χ0v) is 12.5. The van der Waals surface area contributed by atoms with Crippen molar-refractivity contribution in [1.82, 2.24) is 4.90 Å². The van der Waals surface area contributed by atoms with Crippen molar-refractivity contribution in [3.8, 4) is 0 Å². The number of anilines is 1. The second-order valence-corrected chi connectivity index (χ2v) is 5.37. The fourth-order valence-electron chi connectivity index (χ4n) is 1.85. The zero-order chi connectivity index (χ0) is 12.8. The molecular weight excluding hydrogens is 278 g/mol. The van der Waals surface area contributed by atoms with Crippen LogP contribution in [0.15, 0.2) is 22.7 Å². The summed E-state index contributed by atoms with van der Waals surface area (Å²) < 4.78 is 1.09. The third kappa shape index (κ3) is 4.30. The van der Waals surface area contributed by atoms with Gasteiger partial charge in [-0.05, 0) is 39.2 Å². The molecule has 1 aromatic carbocycles. The summed E-state index contributed by atoms with van der Waals surface area (Å²) in [5.41, 5.74) is 8.20. The van der Waals surface area contributed by atoms with Gasteiger partial charge in [-0.25, -0.2) is 0 Å². The highest BCUT2D eigenvalue weighted by atomic mass is 79.9. The molecule has 2 N–H and O–H groups in total. The van der Waals surface area contributed by atoms with Crippen LogP contribution in [0, 0.1) is 0 Å². The summed E-state index contributed by atoms with van der Waals surface area (Å²) in [6.07, 6.45) is 1.15. The van der Waals surface area contributed by atoms with E-state index in [1.165, 1.54) is 11.3 Å². The average Bonchev–Trinajstić information content (AvgIpc) is 2.28. The molecule has 0 unspecified atom stereocenters. The van der Waals surface area contributed by atoms with Crippen molar-refractivity contribution in [2.75, 3.05) is 39.1 Å². The van der Waals surface area contributed by atoms with Crippen molar-refractivity contribution in [1.29, 1.82) is 0 Å². The maximum Gasteiger partial charge on any atom is 0.0420 e. The largest absolute Gasteiger partial charge is 0.374 e. The molecule has 0 saturated heterocycles. The van der Waals surface area contributed by atoms with E-state index in [1.807, 2.05) is 6.07 Å². The van der Waals surface area contributed by atoms with Crippen LogP contribution in [0.3, 0.4) is 0 Å². The zero-order valence-electron chi connectivity index (χ0n) is 10.9. The Morgan fingerprint density at radius 2 is 1.88 bits per heavy atom. The van der Waals surface area contributed by atoms with Gasteiger partial charge in [-0.3, -0.25) is 0 Å². The molecule has 0 heterocycles. The van der Waals surface area contributed by atoms with Gasteiger partial charge >= 0.3 is 0 Å². The van der Waals surface area contributed by atoms with Crippen molar-refractivity contribution in [3.63, 3.8) is 0 Å². The number of rotatable bonds is 6. The van der Waals surface area contributed by atoms with Gasteiger partial charge in [-0.1, -0.05) is 22.0 Å². The molecule has 0 fully saturated rings. The van der Waals surface area contributed by atoms with Crippen LogP contribution in [-0.4, -0.2) is 39.1 Å². The van der Waals surface area contributed by atoms with Gasteiger partial charge in [-0.15, -0.1) is 0 Å². The van der Waals surface area contributed by atoms with Crippen molar-refractivity contribution < 1.29 is 0 Å². The molecule has 1 aromatic rings. The molecule has 96 valence electrons. The molecule has 0 aliphatic carbocycles. The van der Waals surface area contributed by atoms with Gasteiger partial charge in [0.25, 0.3) is 0 Å². The highest BCUT2D eigenvalue weighted by Crippen LogP contribution is 2.26. The van der Waals surface area contributed by atoms with E-state index < -0.39 is 0 Å². The summed E-state index contributed by atoms with van der Waals surface area (Å²) in [5, 5.41) is 0. The van der Waals surface area contributed by atoms with Gasteiger partial charge in [0, 0.05) is 35.9 Å². The quantitative estimate of drug-likeness (QED) is 0.875. The van der Waals surface area contributed by atoms with Crippen LogP contribution in [-0.2, 0) is 6.54 Å². The van der Waals surface area contributed by atoms with Gasteiger partial charge in [0.05, 0.1) is 0 Å². The lowest BCUT2D eigenvalue weighted by molar-refractivity contribution is 0.401. The molecule has 17 heavy (non-hydrogen) atoms. The fraction of sp³-hybridized carbons (Fsp3) is 0.538. The monoisotopic (exact) mass is 299 g/mol. The highest BCUT2D eigenvalue weighted by molar-refractivity contribution is 9.10. The SMILES string of the molecule is CN(C)CCCN(C)c1cccc(Br)c1CN. The molecule has 0 radical (unpaired) electrons. The van der Waals surface area contributed by atoms with E-state index in [0.29, 0.717) is 6.54 Å². The topological polar surface area (TPSA) is 32.5 Å². The molecule has 4 heteroatoms. The summed E-state index contributed by atoms with van der Waals surface area (Å²) in [6, 6.07) is 6.23. The summed E-state index contributed by atoms with van der Waals surface area (Å²) >= 11 is 3.55. The lowest BCUT2D eigenvalue weighted by atomic mass is 10.1. The third-order valence-corrected chi connectivity index (χ3v) is 3.55. The number of halogens is 1. The number of benzene rings is 1. The van der Waals surface area contributed by atoms with Crippen LogP contribution in [0.1, 0.15) is 12.0 Å². The van der Waals surface area contributed by atoms with Gasteiger partial charge in [-0.2, -0.15) is 0 Å². The molecule has 3 nitrogen and oxygen atoms in total. The lowest BCUT2D eigenvalue weighted by Gasteiger charge is -2.23. The van der Waals surface area contributed by atoms with E-state index in [2.05, 4.69) is 59.0 Å². The first-order chi connectivity index (χ1) is 8.06. The van der Waals surface area contributed by atoms with Crippen molar-refractivity contribution in [2.45, 2.75) is 13.0 Å². The Labute approximate surface area is 113 Å². The molecule has 0 bridgehead atoms. The van der Waals surface area contributed by atoms with Crippen LogP contribution in [0.5, 0.6) is 0 Å². The van der Waals surface area contributed by atoms with Gasteiger partial charge in [0.1, 0.15) is 0 Å². The Kier molecular flexibility index (Phi) is 5.95. The third-order valence-electron chi connectivity index (χ3n) is 2.81. The minimum absolute atomic E-state index is 0.564. The first-order valence-corrected chi connectivity index (χ1v) is 6.69. The van der Waals surface area contributed by atoms with E-state index in [0.717, 1.165) is 24.0 Å². The first kappa shape index (κ1) is 14.5. The van der Waals surface area contributed by atoms with Crippen molar-refractivity contribution in [3.05, 3.63) is 28.2 Å². The molecule has 1 rings (SSSR count). The summed E-state index contributed by atoms with van der Waals surface area (Å²) in [6.45, 7) is 2.71. The number of hydrogen-bond donors (Lipinski definition) is 1. The molecule has 0 aliphatic rings. The standard InChI is InChI=1S/C13H22BrN3/c1-16(2)8-5-9-17(3)13-7-4-6-12(14)11(13)10-15/h4,6-7H,5,8-10,15H2,1-3H3. The Bertz CT molecular complexity index is 353. The summed E-state index contributed by atoms with van der Waals surface area (Å²) in [5.74, 6) is 0. The number of nitrogens with two attached hydrogens (primary N) is 1. The van der Waals surface area contributed by atoms with Crippen LogP contribution < -0.4 is 10.6 Å². The van der Waals surface area contributed by atoms with Gasteiger partial charge < -0.3 is 15.5 Å². The normalized spacial score (nSPS) is 10.9. The van der Waals surface area contributed by atoms with E-state index >= 15 is 0 Å². The average molecular weight is 300 g/mol. The predicted molar refractivity (Wildman–Crippen MR) is 78.5 cm³/mol. The minimum Gasteiger partial charge on any atom is -0.374 e.